The highest BCUT2D eigenvalue weighted by atomic mass is 79.9. The first-order valence-electron chi connectivity index (χ1n) is 6.42. The summed E-state index contributed by atoms with van der Waals surface area (Å²) >= 11 is 4.92. The largest absolute Gasteiger partial charge is 0.399 e. The molecule has 0 saturated heterocycles. The predicted molar refractivity (Wildman–Crippen MR) is 90.9 cm³/mol. The molecule has 0 aliphatic heterocycles. The van der Waals surface area contributed by atoms with Crippen molar-refractivity contribution < 1.29 is 8.42 Å². The van der Waals surface area contributed by atoms with Gasteiger partial charge in [-0.3, -0.25) is 0 Å². The second-order valence-electron chi connectivity index (χ2n) is 4.74. The molecule has 1 heterocycles. The van der Waals surface area contributed by atoms with Crippen LogP contribution in [0.2, 0.25) is 0 Å². The highest BCUT2D eigenvalue weighted by Gasteiger charge is 2.24. The third kappa shape index (κ3) is 3.66. The van der Waals surface area contributed by atoms with Crippen molar-refractivity contribution in [3.8, 4) is 0 Å². The molecule has 4 nitrogen and oxygen atoms in total. The van der Waals surface area contributed by atoms with E-state index in [4.69, 9.17) is 5.73 Å². The highest BCUT2D eigenvalue weighted by molar-refractivity contribution is 9.11. The number of sulfonamides is 1. The average Bonchev–Trinajstić information content (AvgIpc) is 2.84. The van der Waals surface area contributed by atoms with Crippen LogP contribution in [0.4, 0.5) is 5.69 Å². The minimum Gasteiger partial charge on any atom is -0.399 e. The lowest BCUT2D eigenvalue weighted by Gasteiger charge is -2.19. The minimum atomic E-state index is -3.55. The van der Waals surface area contributed by atoms with Crippen LogP contribution in [0.25, 0.3) is 0 Å². The van der Waals surface area contributed by atoms with E-state index in [1.54, 1.807) is 19.2 Å². The fraction of sp³-hybridized carbons (Fsp3) is 0.286. The number of nitrogen functional groups attached to an aromatic ring is 1. The van der Waals surface area contributed by atoms with E-state index in [-0.39, 0.29) is 0 Å². The molecule has 1 aromatic carbocycles. The Balaban J connectivity index is 2.35. The third-order valence-electron chi connectivity index (χ3n) is 3.19. The summed E-state index contributed by atoms with van der Waals surface area (Å²) in [7, 11) is -1.96. The number of halogens is 1. The standard InChI is InChI=1S/C14H17BrN2O2S2/c1-3-11-4-5-12(16)7-13(11)21(18,19)17(2)8-10-6-14(15)20-9-10/h4-7,9H,3,8,16H2,1-2H3. The number of anilines is 1. The van der Waals surface area contributed by atoms with Gasteiger partial charge in [0, 0.05) is 19.3 Å². The topological polar surface area (TPSA) is 63.4 Å². The number of aryl methyl sites for hydroxylation is 1. The molecule has 2 aromatic rings. The molecule has 0 spiro atoms. The lowest BCUT2D eigenvalue weighted by atomic mass is 10.1. The van der Waals surface area contributed by atoms with Crippen LogP contribution >= 0.6 is 27.3 Å². The van der Waals surface area contributed by atoms with Crippen LogP contribution < -0.4 is 5.73 Å². The monoisotopic (exact) mass is 388 g/mol. The number of hydrogen-bond donors (Lipinski definition) is 1. The SMILES string of the molecule is CCc1ccc(N)cc1S(=O)(=O)N(C)Cc1csc(Br)c1. The van der Waals surface area contributed by atoms with Gasteiger partial charge in [-0.1, -0.05) is 13.0 Å². The van der Waals surface area contributed by atoms with Crippen molar-refractivity contribution in [3.05, 3.63) is 44.6 Å². The van der Waals surface area contributed by atoms with E-state index in [0.717, 1.165) is 14.9 Å². The molecule has 0 atom stereocenters. The van der Waals surface area contributed by atoms with Crippen molar-refractivity contribution in [1.29, 1.82) is 0 Å². The summed E-state index contributed by atoms with van der Waals surface area (Å²) < 4.78 is 27.8. The zero-order valence-corrected chi connectivity index (χ0v) is 15.1. The van der Waals surface area contributed by atoms with Crippen molar-refractivity contribution in [2.45, 2.75) is 24.8 Å². The number of nitrogens with zero attached hydrogens (tertiary/aromatic N) is 1. The van der Waals surface area contributed by atoms with Crippen LogP contribution in [-0.4, -0.2) is 19.8 Å². The third-order valence-corrected chi connectivity index (χ3v) is 6.63. The van der Waals surface area contributed by atoms with Crippen molar-refractivity contribution in [3.63, 3.8) is 0 Å². The molecule has 114 valence electrons. The normalized spacial score (nSPS) is 12.0. The first-order valence-corrected chi connectivity index (χ1v) is 9.53. The number of nitrogens with two attached hydrogens (primary N) is 1. The van der Waals surface area contributed by atoms with Crippen LogP contribution in [0.1, 0.15) is 18.1 Å². The second-order valence-corrected chi connectivity index (χ2v) is 9.04. The van der Waals surface area contributed by atoms with Gasteiger partial charge < -0.3 is 5.73 Å². The first-order chi connectivity index (χ1) is 9.84. The molecular formula is C14H17BrN2O2S2. The summed E-state index contributed by atoms with van der Waals surface area (Å²) in [5.74, 6) is 0. The summed E-state index contributed by atoms with van der Waals surface area (Å²) in [4.78, 5) is 0.293. The molecule has 7 heteroatoms. The maximum absolute atomic E-state index is 12.7. The Hall–Kier alpha value is -0.890. The molecule has 0 bridgehead atoms. The molecule has 21 heavy (non-hydrogen) atoms. The molecule has 0 radical (unpaired) electrons. The number of hydrogen-bond acceptors (Lipinski definition) is 4. The molecule has 0 amide bonds. The molecule has 2 N–H and O–H groups in total. The van der Waals surface area contributed by atoms with Gasteiger partial charge in [0.25, 0.3) is 0 Å². The van der Waals surface area contributed by atoms with Crippen molar-refractivity contribution in [2.75, 3.05) is 12.8 Å². The molecule has 0 fully saturated rings. The lowest BCUT2D eigenvalue weighted by molar-refractivity contribution is 0.466. The van der Waals surface area contributed by atoms with Gasteiger partial charge in [0.05, 0.1) is 8.68 Å². The first kappa shape index (κ1) is 16.5. The molecular weight excluding hydrogens is 372 g/mol. The number of thiophene rings is 1. The summed E-state index contributed by atoms with van der Waals surface area (Å²) in [6, 6.07) is 6.97. The van der Waals surface area contributed by atoms with Crippen LogP contribution in [-0.2, 0) is 23.0 Å². The van der Waals surface area contributed by atoms with Gasteiger partial charge in [0.1, 0.15) is 0 Å². The van der Waals surface area contributed by atoms with E-state index < -0.39 is 10.0 Å². The van der Waals surface area contributed by atoms with E-state index in [1.165, 1.54) is 21.7 Å². The van der Waals surface area contributed by atoms with Gasteiger partial charge in [-0.15, -0.1) is 11.3 Å². The summed E-state index contributed by atoms with van der Waals surface area (Å²) in [6.45, 7) is 2.27. The zero-order valence-electron chi connectivity index (χ0n) is 11.8. The van der Waals surface area contributed by atoms with E-state index in [1.807, 2.05) is 18.4 Å². The van der Waals surface area contributed by atoms with Crippen molar-refractivity contribution in [1.82, 2.24) is 4.31 Å². The van der Waals surface area contributed by atoms with E-state index in [2.05, 4.69) is 15.9 Å². The molecule has 0 aliphatic rings. The maximum Gasteiger partial charge on any atom is 0.243 e. The van der Waals surface area contributed by atoms with Crippen LogP contribution in [0.15, 0.2) is 38.3 Å². The predicted octanol–water partition coefficient (Wildman–Crippen LogP) is 3.48. The Labute approximate surface area is 137 Å². The summed E-state index contributed by atoms with van der Waals surface area (Å²) in [6.07, 6.45) is 0.646. The van der Waals surface area contributed by atoms with E-state index in [0.29, 0.717) is 23.5 Å². The Morgan fingerprint density at radius 2 is 2.05 bits per heavy atom. The molecule has 0 saturated carbocycles. The van der Waals surface area contributed by atoms with Crippen molar-refractivity contribution in [2.24, 2.45) is 0 Å². The Morgan fingerprint density at radius 3 is 2.62 bits per heavy atom. The number of benzene rings is 1. The molecule has 2 rings (SSSR count). The fourth-order valence-electron chi connectivity index (χ4n) is 2.04. The van der Waals surface area contributed by atoms with Gasteiger partial charge in [-0.05, 0) is 57.1 Å². The Morgan fingerprint density at radius 1 is 1.33 bits per heavy atom. The number of rotatable bonds is 5. The average molecular weight is 389 g/mol. The van der Waals surface area contributed by atoms with E-state index >= 15 is 0 Å². The van der Waals surface area contributed by atoms with Gasteiger partial charge in [-0.2, -0.15) is 4.31 Å². The van der Waals surface area contributed by atoms with Crippen LogP contribution in [0.3, 0.4) is 0 Å². The van der Waals surface area contributed by atoms with Crippen LogP contribution in [0.5, 0.6) is 0 Å². The smallest absolute Gasteiger partial charge is 0.243 e. The maximum atomic E-state index is 12.7. The van der Waals surface area contributed by atoms with Gasteiger partial charge in [0.15, 0.2) is 0 Å². The highest BCUT2D eigenvalue weighted by Crippen LogP contribution is 2.26. The lowest BCUT2D eigenvalue weighted by Crippen LogP contribution is -2.27. The van der Waals surface area contributed by atoms with Crippen molar-refractivity contribution >= 4 is 43.0 Å². The second kappa shape index (κ2) is 6.48. The Kier molecular flexibility index (Phi) is 5.08. The quantitative estimate of drug-likeness (QED) is 0.797. The summed E-state index contributed by atoms with van der Waals surface area (Å²) in [5.41, 5.74) is 7.94. The van der Waals surface area contributed by atoms with Crippen LogP contribution in [0, 0.1) is 0 Å². The fourth-order valence-corrected chi connectivity index (χ4v) is 4.73. The zero-order chi connectivity index (χ0) is 15.6. The van der Waals surface area contributed by atoms with Gasteiger partial charge in [0.2, 0.25) is 10.0 Å². The minimum absolute atomic E-state index is 0.293. The van der Waals surface area contributed by atoms with E-state index in [9.17, 15) is 8.42 Å². The van der Waals surface area contributed by atoms with Gasteiger partial charge in [-0.25, -0.2) is 8.42 Å². The molecule has 1 aromatic heterocycles. The molecule has 0 unspecified atom stereocenters. The Bertz CT molecular complexity index is 741. The summed E-state index contributed by atoms with van der Waals surface area (Å²) in [5, 5.41) is 1.94. The molecule has 0 aliphatic carbocycles. The van der Waals surface area contributed by atoms with Gasteiger partial charge >= 0.3 is 0 Å².